The van der Waals surface area contributed by atoms with Crippen LogP contribution < -0.4 is 5.32 Å². The number of rotatable bonds is 4. The average Bonchev–Trinajstić information content (AvgIpc) is 2.84. The monoisotopic (exact) mass is 374 g/mol. The second-order valence-corrected chi connectivity index (χ2v) is 8.06. The number of thioether (sulfide) groups is 1. The predicted octanol–water partition coefficient (Wildman–Crippen LogP) is 4.68. The number of carbonyl (C=O) groups is 1. The first-order chi connectivity index (χ1) is 11.9. The number of benzene rings is 1. The lowest BCUT2D eigenvalue weighted by atomic mass is 10.2. The minimum Gasteiger partial charge on any atom is -0.322 e. The van der Waals surface area contributed by atoms with Crippen molar-refractivity contribution in [1.82, 2.24) is 14.8 Å². The molecule has 2 aromatic heterocycles. The number of fused-ring (bicyclic) bond motifs is 1. The summed E-state index contributed by atoms with van der Waals surface area (Å²) in [4.78, 5) is 18.2. The molecule has 0 radical (unpaired) electrons. The number of carbonyl (C=O) groups excluding carboxylic acids is 1. The van der Waals surface area contributed by atoms with E-state index in [1.165, 1.54) is 0 Å². The number of amides is 1. The van der Waals surface area contributed by atoms with Gasteiger partial charge in [-0.15, -0.1) is 11.8 Å². The fourth-order valence-corrected chi connectivity index (χ4v) is 3.86. The number of anilines is 1. The Morgan fingerprint density at radius 1 is 1.28 bits per heavy atom. The van der Waals surface area contributed by atoms with E-state index < -0.39 is 0 Å². The molecule has 130 valence electrons. The Balaban J connectivity index is 2.06. The number of pyridine rings is 1. The SMILES string of the molecule is Cc1nn(C)c2ncc(C(=O)Nc3ccc(Cl)cc3)c(SC(C)C)c12. The van der Waals surface area contributed by atoms with E-state index >= 15 is 0 Å². The van der Waals surface area contributed by atoms with Gasteiger partial charge in [0.1, 0.15) is 0 Å². The van der Waals surface area contributed by atoms with Gasteiger partial charge >= 0.3 is 0 Å². The molecule has 0 unspecified atom stereocenters. The van der Waals surface area contributed by atoms with Crippen molar-refractivity contribution in [3.05, 3.63) is 46.7 Å². The number of nitrogens with zero attached hydrogens (tertiary/aromatic N) is 3. The van der Waals surface area contributed by atoms with E-state index in [-0.39, 0.29) is 5.91 Å². The van der Waals surface area contributed by atoms with Crippen LogP contribution >= 0.6 is 23.4 Å². The fourth-order valence-electron chi connectivity index (χ4n) is 2.63. The van der Waals surface area contributed by atoms with Crippen molar-refractivity contribution in [3.63, 3.8) is 0 Å². The lowest BCUT2D eigenvalue weighted by Gasteiger charge is -2.13. The quantitative estimate of drug-likeness (QED) is 0.673. The van der Waals surface area contributed by atoms with Gasteiger partial charge in [-0.25, -0.2) is 4.98 Å². The van der Waals surface area contributed by atoms with Crippen LogP contribution in [0.4, 0.5) is 5.69 Å². The zero-order chi connectivity index (χ0) is 18.1. The molecule has 3 aromatic rings. The minimum absolute atomic E-state index is 0.192. The van der Waals surface area contributed by atoms with Crippen LogP contribution in [0.1, 0.15) is 29.9 Å². The molecule has 3 rings (SSSR count). The number of aryl methyl sites for hydroxylation is 2. The van der Waals surface area contributed by atoms with Gasteiger partial charge in [-0.05, 0) is 31.2 Å². The summed E-state index contributed by atoms with van der Waals surface area (Å²) in [7, 11) is 1.86. The Kier molecular flexibility index (Phi) is 5.01. The lowest BCUT2D eigenvalue weighted by Crippen LogP contribution is -2.14. The van der Waals surface area contributed by atoms with Crippen molar-refractivity contribution < 1.29 is 4.79 Å². The number of hydrogen-bond donors (Lipinski definition) is 1. The summed E-state index contributed by atoms with van der Waals surface area (Å²) < 4.78 is 1.75. The first-order valence-electron chi connectivity index (χ1n) is 7.92. The summed E-state index contributed by atoms with van der Waals surface area (Å²) in [5.74, 6) is -0.192. The van der Waals surface area contributed by atoms with E-state index in [4.69, 9.17) is 11.6 Å². The molecule has 0 bridgehead atoms. The predicted molar refractivity (Wildman–Crippen MR) is 104 cm³/mol. The van der Waals surface area contributed by atoms with Gasteiger partial charge in [0, 0.05) is 34.1 Å². The van der Waals surface area contributed by atoms with Crippen molar-refractivity contribution in [1.29, 1.82) is 0 Å². The van der Waals surface area contributed by atoms with Crippen molar-refractivity contribution in [2.24, 2.45) is 7.05 Å². The zero-order valence-electron chi connectivity index (χ0n) is 14.5. The Labute approximate surface area is 155 Å². The molecule has 2 heterocycles. The topological polar surface area (TPSA) is 59.8 Å². The maximum Gasteiger partial charge on any atom is 0.258 e. The molecule has 1 amide bonds. The van der Waals surface area contributed by atoms with Crippen LogP contribution in [0.3, 0.4) is 0 Å². The van der Waals surface area contributed by atoms with Crippen molar-refractivity contribution >= 4 is 46.0 Å². The van der Waals surface area contributed by atoms with Crippen LogP contribution in [0.15, 0.2) is 35.4 Å². The molecule has 0 aliphatic heterocycles. The standard InChI is InChI=1S/C18H19ClN4OS/c1-10(2)25-16-14(9-20-17-15(16)11(3)22-23(17)4)18(24)21-13-7-5-12(19)6-8-13/h5-10H,1-4H3,(H,21,24). The van der Waals surface area contributed by atoms with E-state index in [9.17, 15) is 4.79 Å². The highest BCUT2D eigenvalue weighted by Gasteiger charge is 2.21. The maximum absolute atomic E-state index is 12.8. The first-order valence-corrected chi connectivity index (χ1v) is 9.18. The summed E-state index contributed by atoms with van der Waals surface area (Å²) >= 11 is 7.55. The van der Waals surface area contributed by atoms with Gasteiger partial charge in [-0.1, -0.05) is 25.4 Å². The third kappa shape index (κ3) is 3.65. The van der Waals surface area contributed by atoms with Crippen LogP contribution in [-0.4, -0.2) is 25.9 Å². The molecule has 5 nitrogen and oxygen atoms in total. The van der Waals surface area contributed by atoms with Crippen LogP contribution in [0, 0.1) is 6.92 Å². The third-order valence-electron chi connectivity index (χ3n) is 3.68. The lowest BCUT2D eigenvalue weighted by molar-refractivity contribution is 0.102. The van der Waals surface area contributed by atoms with Gasteiger partial charge in [0.2, 0.25) is 0 Å². The van der Waals surface area contributed by atoms with Gasteiger partial charge in [0.05, 0.1) is 16.6 Å². The number of nitrogens with one attached hydrogen (secondary N) is 1. The maximum atomic E-state index is 12.8. The van der Waals surface area contributed by atoms with Crippen molar-refractivity contribution in [2.75, 3.05) is 5.32 Å². The fraction of sp³-hybridized carbons (Fsp3) is 0.278. The molecule has 25 heavy (non-hydrogen) atoms. The number of aromatic nitrogens is 3. The summed E-state index contributed by atoms with van der Waals surface area (Å²) in [5.41, 5.74) is 2.90. The molecule has 0 atom stereocenters. The molecule has 0 aliphatic rings. The largest absolute Gasteiger partial charge is 0.322 e. The first kappa shape index (κ1) is 17.8. The number of halogens is 1. The van der Waals surface area contributed by atoms with Gasteiger partial charge in [-0.3, -0.25) is 9.48 Å². The van der Waals surface area contributed by atoms with Gasteiger partial charge in [-0.2, -0.15) is 5.10 Å². The summed E-state index contributed by atoms with van der Waals surface area (Å²) in [5, 5.41) is 9.25. The Morgan fingerprint density at radius 2 is 1.96 bits per heavy atom. The molecule has 0 spiro atoms. The molecule has 0 aliphatic carbocycles. The van der Waals surface area contributed by atoms with E-state index in [0.717, 1.165) is 21.6 Å². The van der Waals surface area contributed by atoms with Crippen molar-refractivity contribution in [3.8, 4) is 0 Å². The third-order valence-corrected chi connectivity index (χ3v) is 5.06. The van der Waals surface area contributed by atoms with Crippen LogP contribution in [0.2, 0.25) is 5.02 Å². The second-order valence-electron chi connectivity index (χ2n) is 6.04. The Hall–Kier alpha value is -2.05. The molecular formula is C18H19ClN4OS. The van der Waals surface area contributed by atoms with E-state index in [1.54, 1.807) is 46.9 Å². The Morgan fingerprint density at radius 3 is 2.60 bits per heavy atom. The highest BCUT2D eigenvalue weighted by molar-refractivity contribution is 8.00. The van der Waals surface area contributed by atoms with Crippen molar-refractivity contribution in [2.45, 2.75) is 30.9 Å². The zero-order valence-corrected chi connectivity index (χ0v) is 16.1. The highest BCUT2D eigenvalue weighted by Crippen LogP contribution is 2.35. The van der Waals surface area contributed by atoms with E-state index in [1.807, 2.05) is 14.0 Å². The van der Waals surface area contributed by atoms with Gasteiger partial charge in [0.15, 0.2) is 5.65 Å². The molecule has 1 aromatic carbocycles. The minimum atomic E-state index is -0.192. The molecular weight excluding hydrogens is 356 g/mol. The molecule has 1 N–H and O–H groups in total. The second kappa shape index (κ2) is 7.06. The van der Waals surface area contributed by atoms with Gasteiger partial charge < -0.3 is 5.32 Å². The molecule has 0 fully saturated rings. The average molecular weight is 375 g/mol. The van der Waals surface area contributed by atoms with Gasteiger partial charge in [0.25, 0.3) is 5.91 Å². The Bertz CT molecular complexity index is 934. The summed E-state index contributed by atoms with van der Waals surface area (Å²) in [6, 6.07) is 7.04. The molecule has 0 saturated carbocycles. The van der Waals surface area contributed by atoms with E-state index in [0.29, 0.717) is 21.5 Å². The summed E-state index contributed by atoms with van der Waals surface area (Å²) in [6.07, 6.45) is 1.62. The molecule has 7 heteroatoms. The highest BCUT2D eigenvalue weighted by atomic mass is 35.5. The van der Waals surface area contributed by atoms with Crippen LogP contribution in [0.5, 0.6) is 0 Å². The molecule has 0 saturated heterocycles. The summed E-state index contributed by atoms with van der Waals surface area (Å²) in [6.45, 7) is 6.14. The smallest absolute Gasteiger partial charge is 0.258 e. The number of hydrogen-bond acceptors (Lipinski definition) is 4. The van der Waals surface area contributed by atoms with Crippen LogP contribution in [0.25, 0.3) is 11.0 Å². The normalized spacial score (nSPS) is 11.3. The van der Waals surface area contributed by atoms with E-state index in [2.05, 4.69) is 29.2 Å². The van der Waals surface area contributed by atoms with Crippen LogP contribution in [-0.2, 0) is 7.05 Å².